The molecule has 2 amide bonds. The molecule has 30 heavy (non-hydrogen) atoms. The van der Waals surface area contributed by atoms with E-state index in [0.29, 0.717) is 0 Å². The first-order valence-electron chi connectivity index (χ1n) is 8.40. The highest BCUT2D eigenvalue weighted by Gasteiger charge is 2.54. The van der Waals surface area contributed by atoms with Gasteiger partial charge < -0.3 is 24.8 Å². The number of amides is 2. The van der Waals surface area contributed by atoms with Crippen LogP contribution in [0.15, 0.2) is 39.2 Å². The molecule has 0 bridgehead atoms. The fourth-order valence-electron chi connectivity index (χ4n) is 2.91. The number of carboxylic acid groups (broad SMARTS) is 1. The van der Waals surface area contributed by atoms with Gasteiger partial charge >= 0.3 is 11.9 Å². The number of fused-ring (bicyclic) bond motifs is 1. The van der Waals surface area contributed by atoms with Crippen LogP contribution in [0.25, 0.3) is 0 Å². The number of oxime groups is 1. The van der Waals surface area contributed by atoms with E-state index in [1.807, 2.05) is 0 Å². The molecule has 12 nitrogen and oxygen atoms in total. The van der Waals surface area contributed by atoms with E-state index in [0.717, 1.165) is 16.7 Å². The molecule has 2 atom stereocenters. The average Bonchev–Trinajstić information content (AvgIpc) is 3.24. The predicted octanol–water partition coefficient (Wildman–Crippen LogP) is -0.406. The van der Waals surface area contributed by atoms with Gasteiger partial charge in [0.25, 0.3) is 17.6 Å². The lowest BCUT2D eigenvalue weighted by atomic mass is 10.0. The number of aliphatic carboxylic acids is 1. The molecule has 0 aliphatic carbocycles. The third kappa shape index (κ3) is 3.78. The molecule has 1 fully saturated rings. The molecule has 1 aromatic rings. The quantitative estimate of drug-likeness (QED) is 0.0967. The normalized spacial score (nSPS) is 20.9. The number of ether oxygens (including phenoxy) is 1. The summed E-state index contributed by atoms with van der Waals surface area (Å²) in [6.45, 7) is 0.890. The number of thioether (sulfide) groups is 1. The Balaban J connectivity index is 1.74. The van der Waals surface area contributed by atoms with Gasteiger partial charge in [-0.05, 0) is 12.1 Å². The predicted molar refractivity (Wildman–Crippen MR) is 98.6 cm³/mol. The molecule has 0 radical (unpaired) electrons. The zero-order valence-corrected chi connectivity index (χ0v) is 16.2. The summed E-state index contributed by atoms with van der Waals surface area (Å²) in [7, 11) is 0. The van der Waals surface area contributed by atoms with Gasteiger partial charge in [-0.2, -0.15) is 0 Å². The molecule has 2 aliphatic rings. The van der Waals surface area contributed by atoms with Crippen LogP contribution in [0.3, 0.4) is 0 Å². The van der Waals surface area contributed by atoms with E-state index in [1.165, 1.54) is 25.3 Å². The maximum atomic E-state index is 12.5. The average molecular weight is 437 g/mol. The minimum Gasteiger partial charge on any atom is -0.477 e. The largest absolute Gasteiger partial charge is 0.477 e. The van der Waals surface area contributed by atoms with Crippen LogP contribution in [0.5, 0.6) is 0 Å². The lowest BCUT2D eigenvalue weighted by Gasteiger charge is -2.49. The Kier molecular flexibility index (Phi) is 5.91. The van der Waals surface area contributed by atoms with Gasteiger partial charge in [-0.15, -0.1) is 11.8 Å². The van der Waals surface area contributed by atoms with Crippen LogP contribution < -0.4 is 5.32 Å². The van der Waals surface area contributed by atoms with Crippen molar-refractivity contribution in [1.29, 1.82) is 0 Å². The molecule has 0 spiro atoms. The number of esters is 1. The van der Waals surface area contributed by atoms with Crippen LogP contribution in [0.4, 0.5) is 0 Å². The summed E-state index contributed by atoms with van der Waals surface area (Å²) in [4.78, 5) is 60.7. The number of carbonyl (C=O) groups is 5. The second-order valence-corrected chi connectivity index (χ2v) is 7.26. The Morgan fingerprint density at radius 1 is 1.40 bits per heavy atom. The van der Waals surface area contributed by atoms with Crippen molar-refractivity contribution in [2.24, 2.45) is 5.16 Å². The van der Waals surface area contributed by atoms with Gasteiger partial charge in [0.15, 0.2) is 5.76 Å². The summed E-state index contributed by atoms with van der Waals surface area (Å²) in [6.07, 6.45) is 1.19. The van der Waals surface area contributed by atoms with Crippen LogP contribution in [-0.2, 0) is 23.9 Å². The highest BCUT2D eigenvalue weighted by molar-refractivity contribution is 8.00. The van der Waals surface area contributed by atoms with Gasteiger partial charge in [-0.1, -0.05) is 5.16 Å². The maximum absolute atomic E-state index is 12.5. The Bertz CT molecular complexity index is 983. The molecule has 1 aromatic heterocycles. The minimum absolute atomic E-state index is 0.141. The fraction of sp³-hybridized carbons (Fsp3) is 0.294. The van der Waals surface area contributed by atoms with Crippen molar-refractivity contribution in [3.63, 3.8) is 0 Å². The number of nitrogens with one attached hydrogen (secondary N) is 1. The van der Waals surface area contributed by atoms with Gasteiger partial charge in [-0.3, -0.25) is 24.1 Å². The van der Waals surface area contributed by atoms with Crippen LogP contribution in [0.1, 0.15) is 17.5 Å². The highest BCUT2D eigenvalue weighted by atomic mass is 32.2. The second-order valence-electron chi connectivity index (χ2n) is 6.15. The smallest absolute Gasteiger partial charge is 0.352 e. The fourth-order valence-corrected chi connectivity index (χ4v) is 4.24. The number of ketones is 1. The topological polar surface area (TPSA) is 176 Å². The lowest BCUT2D eigenvalue weighted by Crippen LogP contribution is -2.71. The molecule has 0 aromatic carbocycles. The van der Waals surface area contributed by atoms with E-state index in [2.05, 4.69) is 10.5 Å². The molecular weight excluding hydrogens is 422 g/mol. The number of carbonyl (C=O) groups excluding carboxylic acids is 4. The van der Waals surface area contributed by atoms with E-state index >= 15 is 0 Å². The standard InChI is InChI=1S/C17H15N3O9S/c1-7(21)29-5-8-6-30-16-11(15(24)20(16)12(8)17(25)26)18-14(23)10(19-27)13(22)9-3-2-4-28-9/h2-4,11,16,27H,5-6H2,1H3,(H,18,23)(H,25,26)/t11-,16+/m1/s1. The Hall–Kier alpha value is -3.61. The summed E-state index contributed by atoms with van der Waals surface area (Å²) < 4.78 is 9.70. The molecular formula is C17H15N3O9S. The molecule has 1 saturated heterocycles. The molecule has 13 heteroatoms. The summed E-state index contributed by atoms with van der Waals surface area (Å²) >= 11 is 1.15. The zero-order chi connectivity index (χ0) is 22.0. The first kappa shape index (κ1) is 21.1. The first-order valence-corrected chi connectivity index (χ1v) is 9.45. The Morgan fingerprint density at radius 2 is 2.13 bits per heavy atom. The molecule has 0 saturated carbocycles. The third-order valence-corrected chi connectivity index (χ3v) is 5.60. The monoisotopic (exact) mass is 437 g/mol. The van der Waals surface area contributed by atoms with E-state index in [4.69, 9.17) is 14.4 Å². The molecule has 158 valence electrons. The number of furan rings is 1. The molecule has 3 N–H and O–H groups in total. The summed E-state index contributed by atoms with van der Waals surface area (Å²) in [6, 6.07) is 1.52. The SMILES string of the molecule is CC(=O)OCC1=C(C(=O)O)N2C(=O)[C@@H](NC(=O)C(=NO)C(=O)c3ccco3)[C@@H]2SC1. The van der Waals surface area contributed by atoms with Gasteiger partial charge in [0.2, 0.25) is 5.71 Å². The molecule has 0 unspecified atom stereocenters. The number of β-lactam (4-membered cyclic amide) rings is 1. The number of hydrogen-bond acceptors (Lipinski definition) is 10. The first-order chi connectivity index (χ1) is 14.3. The van der Waals surface area contributed by atoms with E-state index < -0.39 is 46.7 Å². The van der Waals surface area contributed by atoms with Crippen molar-refractivity contribution < 1.29 is 43.4 Å². The van der Waals surface area contributed by atoms with Crippen LogP contribution >= 0.6 is 11.8 Å². The van der Waals surface area contributed by atoms with Crippen molar-refractivity contribution in [2.75, 3.05) is 12.4 Å². The van der Waals surface area contributed by atoms with Gasteiger partial charge in [-0.25, -0.2) is 4.79 Å². The number of nitrogens with zero attached hydrogens (tertiary/aromatic N) is 2. The minimum atomic E-state index is -1.38. The summed E-state index contributed by atoms with van der Waals surface area (Å²) in [5.74, 6) is -4.93. The van der Waals surface area contributed by atoms with Crippen molar-refractivity contribution >= 4 is 47.0 Å². The summed E-state index contributed by atoms with van der Waals surface area (Å²) in [5, 5.41) is 22.8. The van der Waals surface area contributed by atoms with E-state index in [-0.39, 0.29) is 29.4 Å². The van der Waals surface area contributed by atoms with Crippen molar-refractivity contribution in [2.45, 2.75) is 18.3 Å². The van der Waals surface area contributed by atoms with E-state index in [1.54, 1.807) is 0 Å². The van der Waals surface area contributed by atoms with Crippen LogP contribution in [0.2, 0.25) is 0 Å². The number of Topliss-reactive ketones (excluding diaryl/α,β-unsaturated/α-hetero) is 1. The molecule has 2 aliphatic heterocycles. The number of carboxylic acids is 1. The molecule has 3 rings (SSSR count). The third-order valence-electron chi connectivity index (χ3n) is 4.26. The van der Waals surface area contributed by atoms with Crippen molar-refractivity contribution in [3.8, 4) is 0 Å². The highest BCUT2D eigenvalue weighted by Crippen LogP contribution is 2.40. The Labute approximate surface area is 172 Å². The van der Waals surface area contributed by atoms with Crippen LogP contribution in [-0.4, -0.2) is 74.2 Å². The van der Waals surface area contributed by atoms with Crippen molar-refractivity contribution in [1.82, 2.24) is 10.2 Å². The Morgan fingerprint density at radius 3 is 2.70 bits per heavy atom. The van der Waals surface area contributed by atoms with Gasteiger partial charge in [0.05, 0.1) is 6.26 Å². The maximum Gasteiger partial charge on any atom is 0.352 e. The lowest BCUT2D eigenvalue weighted by molar-refractivity contribution is -0.150. The summed E-state index contributed by atoms with van der Waals surface area (Å²) in [5.41, 5.74) is -0.970. The molecule has 3 heterocycles. The van der Waals surface area contributed by atoms with Crippen LogP contribution in [0, 0.1) is 0 Å². The second kappa shape index (κ2) is 8.41. The number of rotatable bonds is 7. The zero-order valence-electron chi connectivity index (χ0n) is 15.4. The number of hydrogen-bond donors (Lipinski definition) is 3. The van der Waals surface area contributed by atoms with Crippen molar-refractivity contribution in [3.05, 3.63) is 35.4 Å². The van der Waals surface area contributed by atoms with Gasteiger partial charge in [0, 0.05) is 18.2 Å². The van der Waals surface area contributed by atoms with E-state index in [9.17, 15) is 29.1 Å². The van der Waals surface area contributed by atoms with Gasteiger partial charge in [0.1, 0.15) is 23.7 Å².